The van der Waals surface area contributed by atoms with Gasteiger partial charge in [-0.1, -0.05) is 34.1 Å². The predicted molar refractivity (Wildman–Crippen MR) is 121 cm³/mol. The Labute approximate surface area is 176 Å². The molecule has 2 N–H and O–H groups in total. The fourth-order valence-corrected chi connectivity index (χ4v) is 5.23. The first kappa shape index (κ1) is 16.9. The normalized spacial score (nSPS) is 17.3. The molecule has 3 heterocycles. The lowest BCUT2D eigenvalue weighted by Gasteiger charge is -2.40. The van der Waals surface area contributed by atoms with Gasteiger partial charge in [0.15, 0.2) is 0 Å². The Morgan fingerprint density at radius 3 is 2.76 bits per heavy atom. The van der Waals surface area contributed by atoms with E-state index in [0.29, 0.717) is 5.56 Å². The smallest absolute Gasteiger partial charge is 0.261 e. The third-order valence-corrected chi connectivity index (χ3v) is 6.74. The van der Waals surface area contributed by atoms with Gasteiger partial charge in [0.1, 0.15) is 6.17 Å². The number of aromatic amines is 1. The Morgan fingerprint density at radius 2 is 1.90 bits per heavy atom. The van der Waals surface area contributed by atoms with Crippen LogP contribution in [0.1, 0.15) is 38.8 Å². The number of benzene rings is 3. The standard InChI is InChI=1S/C24H18BrN3O/c1-12-15-9-10-28-23(27-19-8-7-14(25)11-17(19)24(28)29)21(15)13(2)20-16-5-3-4-6-18(16)26-22(12)20/h3-11,23,26-27H,1-2H3. The second-order valence-corrected chi connectivity index (χ2v) is 8.68. The van der Waals surface area contributed by atoms with Crippen LogP contribution >= 0.6 is 15.9 Å². The molecule has 4 aromatic rings. The third kappa shape index (κ3) is 2.16. The van der Waals surface area contributed by atoms with Crippen LogP contribution in [0.4, 0.5) is 5.69 Å². The molecule has 0 bridgehead atoms. The monoisotopic (exact) mass is 443 g/mol. The first-order valence-corrected chi connectivity index (χ1v) is 10.4. The molecule has 3 aromatic carbocycles. The van der Waals surface area contributed by atoms with Crippen LogP contribution in [-0.4, -0.2) is 15.8 Å². The first-order valence-electron chi connectivity index (χ1n) is 9.65. The number of hydrogen-bond acceptors (Lipinski definition) is 2. The van der Waals surface area contributed by atoms with Crippen LogP contribution in [0.2, 0.25) is 0 Å². The van der Waals surface area contributed by atoms with Gasteiger partial charge in [-0.3, -0.25) is 9.69 Å². The van der Waals surface area contributed by atoms with Crippen LogP contribution < -0.4 is 5.32 Å². The van der Waals surface area contributed by atoms with Gasteiger partial charge in [0.2, 0.25) is 0 Å². The molecule has 0 saturated heterocycles. The Bertz CT molecular complexity index is 1400. The van der Waals surface area contributed by atoms with Crippen molar-refractivity contribution < 1.29 is 4.79 Å². The zero-order chi connectivity index (χ0) is 19.9. The van der Waals surface area contributed by atoms with E-state index in [-0.39, 0.29) is 12.1 Å². The number of amides is 1. The summed E-state index contributed by atoms with van der Waals surface area (Å²) in [6.07, 6.45) is 3.77. The fourth-order valence-electron chi connectivity index (χ4n) is 4.87. The fraction of sp³-hybridized carbons (Fsp3) is 0.125. The van der Waals surface area contributed by atoms with Crippen LogP contribution in [0.3, 0.4) is 0 Å². The van der Waals surface area contributed by atoms with Crippen molar-refractivity contribution >= 4 is 55.4 Å². The lowest BCUT2D eigenvalue weighted by molar-refractivity contribution is 0.0769. The number of H-pyrrole nitrogens is 1. The van der Waals surface area contributed by atoms with E-state index in [4.69, 9.17) is 0 Å². The highest BCUT2D eigenvalue weighted by molar-refractivity contribution is 9.10. The molecule has 5 heteroatoms. The number of nitrogens with one attached hydrogen (secondary N) is 2. The number of para-hydroxylation sites is 1. The lowest BCUT2D eigenvalue weighted by atomic mass is 9.87. The molecule has 29 heavy (non-hydrogen) atoms. The van der Waals surface area contributed by atoms with Crippen molar-refractivity contribution in [2.24, 2.45) is 0 Å². The van der Waals surface area contributed by atoms with Crippen LogP contribution in [0.15, 0.2) is 53.1 Å². The van der Waals surface area contributed by atoms with Gasteiger partial charge in [0.25, 0.3) is 5.91 Å². The lowest BCUT2D eigenvalue weighted by Crippen LogP contribution is -2.41. The van der Waals surface area contributed by atoms with Gasteiger partial charge in [-0.25, -0.2) is 0 Å². The summed E-state index contributed by atoms with van der Waals surface area (Å²) in [4.78, 5) is 18.7. The van der Waals surface area contributed by atoms with E-state index in [1.54, 1.807) is 0 Å². The maximum atomic E-state index is 13.2. The van der Waals surface area contributed by atoms with Crippen molar-refractivity contribution in [3.05, 3.63) is 81.0 Å². The highest BCUT2D eigenvalue weighted by Crippen LogP contribution is 2.44. The van der Waals surface area contributed by atoms with Gasteiger partial charge in [0.05, 0.1) is 11.1 Å². The van der Waals surface area contributed by atoms with Crippen molar-refractivity contribution in [3.63, 3.8) is 0 Å². The predicted octanol–water partition coefficient (Wildman–Crippen LogP) is 6.25. The molecular weight excluding hydrogens is 426 g/mol. The summed E-state index contributed by atoms with van der Waals surface area (Å²) < 4.78 is 0.902. The summed E-state index contributed by atoms with van der Waals surface area (Å²) in [6, 6.07) is 14.2. The van der Waals surface area contributed by atoms with E-state index in [0.717, 1.165) is 15.7 Å². The second-order valence-electron chi connectivity index (χ2n) is 7.76. The molecular formula is C24H18BrN3O. The molecule has 6 rings (SSSR count). The molecule has 1 unspecified atom stereocenters. The largest absolute Gasteiger partial charge is 0.360 e. The highest BCUT2D eigenvalue weighted by atomic mass is 79.9. The Balaban J connectivity index is 1.66. The van der Waals surface area contributed by atoms with Crippen LogP contribution in [0.25, 0.3) is 27.9 Å². The molecule has 1 atom stereocenters. The summed E-state index contributed by atoms with van der Waals surface area (Å²) in [6.45, 7) is 4.33. The number of carbonyl (C=O) groups excluding carboxylic acids is 1. The van der Waals surface area contributed by atoms with Gasteiger partial charge in [-0.15, -0.1) is 0 Å². The molecule has 2 aliphatic heterocycles. The summed E-state index contributed by atoms with van der Waals surface area (Å²) in [5.74, 6) is 0.0167. The minimum atomic E-state index is -0.215. The average Bonchev–Trinajstić information content (AvgIpc) is 3.12. The van der Waals surface area contributed by atoms with Crippen molar-refractivity contribution in [1.29, 1.82) is 0 Å². The SMILES string of the molecule is Cc1c2c(c(C)c3c1[nH]c1ccccc13)C1Nc3ccc(Br)cc3C(=O)N1C=C2. The molecule has 0 saturated carbocycles. The van der Waals surface area contributed by atoms with Crippen LogP contribution in [0.5, 0.6) is 0 Å². The number of nitrogens with zero attached hydrogens (tertiary/aromatic N) is 1. The zero-order valence-corrected chi connectivity index (χ0v) is 17.6. The molecule has 2 aliphatic rings. The molecule has 4 nitrogen and oxygen atoms in total. The Kier molecular flexibility index (Phi) is 3.34. The number of halogens is 1. The number of carbonyl (C=O) groups is 1. The maximum Gasteiger partial charge on any atom is 0.261 e. The van der Waals surface area contributed by atoms with E-state index in [9.17, 15) is 4.79 Å². The van der Waals surface area contributed by atoms with Gasteiger partial charge in [-0.2, -0.15) is 0 Å². The highest BCUT2D eigenvalue weighted by Gasteiger charge is 2.37. The van der Waals surface area contributed by atoms with E-state index in [2.05, 4.69) is 70.4 Å². The van der Waals surface area contributed by atoms with Gasteiger partial charge in [0, 0.05) is 38.2 Å². The number of rotatable bonds is 0. The molecule has 0 spiro atoms. The molecule has 0 fully saturated rings. The number of hydrogen-bond donors (Lipinski definition) is 2. The van der Waals surface area contributed by atoms with E-state index >= 15 is 0 Å². The Morgan fingerprint density at radius 1 is 1.07 bits per heavy atom. The second kappa shape index (κ2) is 5.74. The van der Waals surface area contributed by atoms with Gasteiger partial charge >= 0.3 is 0 Å². The minimum absolute atomic E-state index is 0.0167. The number of anilines is 1. The molecule has 0 aliphatic carbocycles. The third-order valence-electron chi connectivity index (χ3n) is 6.25. The summed E-state index contributed by atoms with van der Waals surface area (Å²) in [5.41, 5.74) is 8.64. The van der Waals surface area contributed by atoms with E-state index < -0.39 is 0 Å². The summed E-state index contributed by atoms with van der Waals surface area (Å²) in [5, 5.41) is 6.07. The summed E-state index contributed by atoms with van der Waals surface area (Å²) >= 11 is 3.48. The van der Waals surface area contributed by atoms with Crippen LogP contribution in [-0.2, 0) is 0 Å². The van der Waals surface area contributed by atoms with Gasteiger partial charge in [-0.05, 0) is 60.9 Å². The number of aromatic nitrogens is 1. The number of aryl methyl sites for hydroxylation is 2. The quantitative estimate of drug-likeness (QED) is 0.337. The molecule has 1 amide bonds. The van der Waals surface area contributed by atoms with Crippen molar-refractivity contribution in [3.8, 4) is 0 Å². The van der Waals surface area contributed by atoms with Gasteiger partial charge < -0.3 is 10.3 Å². The number of fused-ring (bicyclic) bond motifs is 7. The molecule has 142 valence electrons. The molecule has 0 radical (unpaired) electrons. The summed E-state index contributed by atoms with van der Waals surface area (Å²) in [7, 11) is 0. The van der Waals surface area contributed by atoms with E-state index in [1.165, 1.54) is 38.5 Å². The van der Waals surface area contributed by atoms with Crippen molar-refractivity contribution in [2.75, 3.05) is 5.32 Å². The van der Waals surface area contributed by atoms with Crippen LogP contribution in [0, 0.1) is 13.8 Å². The Hall–Kier alpha value is -3.05. The van der Waals surface area contributed by atoms with Crippen molar-refractivity contribution in [2.45, 2.75) is 20.0 Å². The average molecular weight is 444 g/mol. The van der Waals surface area contributed by atoms with E-state index in [1.807, 2.05) is 29.3 Å². The minimum Gasteiger partial charge on any atom is -0.360 e. The first-order chi connectivity index (χ1) is 14.0. The zero-order valence-electron chi connectivity index (χ0n) is 16.0. The maximum absolute atomic E-state index is 13.2. The molecule has 1 aromatic heterocycles. The topological polar surface area (TPSA) is 48.1 Å². The van der Waals surface area contributed by atoms with Crippen molar-refractivity contribution in [1.82, 2.24) is 9.88 Å².